The number of hydrogen-bond donors (Lipinski definition) is 0. The maximum Gasteiger partial charge on any atom is 0.188 e. The van der Waals surface area contributed by atoms with Crippen molar-refractivity contribution in [1.82, 2.24) is 4.65 Å². The molecule has 4 nitrogen and oxygen atoms in total. The molecule has 1 aliphatic carbocycles. The molecule has 1 heterocycles. The molecule has 1 aromatic rings. The highest BCUT2D eigenvalue weighted by Gasteiger charge is 2.47. The van der Waals surface area contributed by atoms with Crippen molar-refractivity contribution in [1.29, 1.82) is 0 Å². The Kier molecular flexibility index (Phi) is 3.96. The average molecular weight is 278 g/mol. The van der Waals surface area contributed by atoms with Crippen molar-refractivity contribution in [3.63, 3.8) is 0 Å². The Morgan fingerprint density at radius 3 is 2.95 bits per heavy atom. The van der Waals surface area contributed by atoms with E-state index in [9.17, 15) is 0 Å². The fourth-order valence-corrected chi connectivity index (χ4v) is 3.47. The lowest BCUT2D eigenvalue weighted by Gasteiger charge is -2.26. The molecule has 1 aliphatic heterocycles. The lowest BCUT2D eigenvalue weighted by molar-refractivity contribution is -0.124. The molecule has 1 saturated heterocycles. The van der Waals surface area contributed by atoms with Gasteiger partial charge in [-0.3, -0.25) is 0 Å². The van der Waals surface area contributed by atoms with Gasteiger partial charge in [0.2, 0.25) is 0 Å². The monoisotopic (exact) mass is 278 g/mol. The molecule has 0 N–H and O–H groups in total. The van der Waals surface area contributed by atoms with Crippen LogP contribution in [0.3, 0.4) is 0 Å². The van der Waals surface area contributed by atoms with Gasteiger partial charge in [0, 0.05) is 25.2 Å². The van der Waals surface area contributed by atoms with Crippen molar-refractivity contribution in [3.05, 3.63) is 24.3 Å². The van der Waals surface area contributed by atoms with Crippen LogP contribution >= 0.6 is 0 Å². The summed E-state index contributed by atoms with van der Waals surface area (Å²) in [5.41, 5.74) is 1.16. The summed E-state index contributed by atoms with van der Waals surface area (Å²) in [6.45, 7) is 1.34. The van der Waals surface area contributed by atoms with Gasteiger partial charge in [0.25, 0.3) is 0 Å². The smallest absolute Gasteiger partial charge is 0.188 e. The molecule has 3 unspecified atom stereocenters. The highest BCUT2D eigenvalue weighted by atomic mass is 16.7. The molecular weight excluding hydrogens is 254 g/mol. The van der Waals surface area contributed by atoms with Crippen LogP contribution in [-0.4, -0.2) is 33.6 Å². The molecular formula is C16H24NO3+. The van der Waals surface area contributed by atoms with E-state index in [0.29, 0.717) is 16.7 Å². The minimum absolute atomic E-state index is 0.277. The summed E-state index contributed by atoms with van der Waals surface area (Å²) >= 11 is 0. The third-order valence-corrected chi connectivity index (χ3v) is 4.50. The van der Waals surface area contributed by atoms with E-state index in [0.717, 1.165) is 18.0 Å². The van der Waals surface area contributed by atoms with Gasteiger partial charge in [-0.05, 0) is 18.9 Å². The van der Waals surface area contributed by atoms with Gasteiger partial charge < -0.3 is 9.47 Å². The second kappa shape index (κ2) is 5.72. The first-order valence-electron chi connectivity index (χ1n) is 7.47. The van der Waals surface area contributed by atoms with Crippen LogP contribution in [0.4, 0.5) is 5.69 Å². The van der Waals surface area contributed by atoms with Crippen molar-refractivity contribution in [2.24, 2.45) is 5.92 Å². The molecule has 0 radical (unpaired) electrons. The summed E-state index contributed by atoms with van der Waals surface area (Å²) in [6, 6.07) is 8.17. The molecule has 2 fully saturated rings. The predicted molar refractivity (Wildman–Crippen MR) is 78.4 cm³/mol. The Morgan fingerprint density at radius 2 is 2.15 bits per heavy atom. The van der Waals surface area contributed by atoms with Crippen LogP contribution in [0.25, 0.3) is 0 Å². The Bertz CT molecular complexity index is 449. The Labute approximate surface area is 120 Å². The third kappa shape index (κ3) is 2.68. The molecule has 3 atom stereocenters. The molecule has 0 amide bonds. The van der Waals surface area contributed by atoms with Crippen molar-refractivity contribution >= 4 is 5.69 Å². The van der Waals surface area contributed by atoms with Gasteiger partial charge in [-0.2, -0.15) is 4.84 Å². The van der Waals surface area contributed by atoms with Gasteiger partial charge in [0.15, 0.2) is 12.5 Å². The lowest BCUT2D eigenvalue weighted by Crippen LogP contribution is -2.41. The van der Waals surface area contributed by atoms with Crippen molar-refractivity contribution < 1.29 is 14.3 Å². The van der Waals surface area contributed by atoms with Crippen LogP contribution in [0.15, 0.2) is 24.3 Å². The van der Waals surface area contributed by atoms with E-state index >= 15 is 0 Å². The van der Waals surface area contributed by atoms with Gasteiger partial charge >= 0.3 is 0 Å². The quantitative estimate of drug-likeness (QED) is 0.625. The minimum Gasteiger partial charge on any atom is -0.467 e. The number of rotatable bonds is 4. The number of quaternary nitrogens is 1. The van der Waals surface area contributed by atoms with E-state index in [1.165, 1.54) is 25.7 Å². The van der Waals surface area contributed by atoms with Gasteiger partial charge in [-0.1, -0.05) is 18.9 Å². The predicted octanol–water partition coefficient (Wildman–Crippen LogP) is 3.11. The number of hydroxylamine groups is 2. The number of benzene rings is 1. The van der Waals surface area contributed by atoms with E-state index in [2.05, 4.69) is 19.2 Å². The molecule has 20 heavy (non-hydrogen) atoms. The second-order valence-electron chi connectivity index (χ2n) is 6.02. The molecule has 0 bridgehead atoms. The van der Waals surface area contributed by atoms with Crippen LogP contribution < -0.4 is 9.38 Å². The van der Waals surface area contributed by atoms with Crippen LogP contribution in [-0.2, 0) is 9.57 Å². The first-order valence-corrected chi connectivity index (χ1v) is 7.47. The number of fused-ring (bicyclic) bond motifs is 1. The summed E-state index contributed by atoms with van der Waals surface area (Å²) in [5, 5.41) is 0. The zero-order chi connectivity index (χ0) is 14.0. The molecule has 3 rings (SSSR count). The Morgan fingerprint density at radius 1 is 1.30 bits per heavy atom. The highest BCUT2D eigenvalue weighted by molar-refractivity contribution is 5.46. The average Bonchev–Trinajstić information content (AvgIpc) is 2.83. The van der Waals surface area contributed by atoms with Crippen molar-refractivity contribution in [3.8, 4) is 5.75 Å². The number of ether oxygens (including phenoxy) is 2. The third-order valence-electron chi connectivity index (χ3n) is 4.50. The van der Waals surface area contributed by atoms with E-state index in [1.807, 2.05) is 12.1 Å². The summed E-state index contributed by atoms with van der Waals surface area (Å²) in [6.07, 6.45) is 5.59. The molecule has 1 saturated carbocycles. The normalized spacial score (nSPS) is 32.9. The van der Waals surface area contributed by atoms with Gasteiger partial charge in [-0.25, -0.2) is 0 Å². The zero-order valence-corrected chi connectivity index (χ0v) is 12.4. The van der Waals surface area contributed by atoms with E-state index in [-0.39, 0.29) is 6.79 Å². The molecule has 4 heteroatoms. The first kappa shape index (κ1) is 13.9. The SMILES string of the molecule is COCOc1cccc([N+]2(C)CC3CCCCC3O2)c1. The van der Waals surface area contributed by atoms with E-state index in [4.69, 9.17) is 14.3 Å². The summed E-state index contributed by atoms with van der Waals surface area (Å²) < 4.78 is 11.1. The highest BCUT2D eigenvalue weighted by Crippen LogP contribution is 2.40. The summed E-state index contributed by atoms with van der Waals surface area (Å²) in [7, 11) is 3.79. The largest absolute Gasteiger partial charge is 0.467 e. The summed E-state index contributed by atoms with van der Waals surface area (Å²) in [4.78, 5) is 6.35. The van der Waals surface area contributed by atoms with Gasteiger partial charge in [-0.15, -0.1) is 4.65 Å². The van der Waals surface area contributed by atoms with Crippen LogP contribution in [0.1, 0.15) is 25.7 Å². The fraction of sp³-hybridized carbons (Fsp3) is 0.625. The zero-order valence-electron chi connectivity index (χ0n) is 12.4. The molecule has 1 aromatic carbocycles. The molecule has 110 valence electrons. The Balaban J connectivity index is 1.77. The van der Waals surface area contributed by atoms with Crippen LogP contribution in [0.2, 0.25) is 0 Å². The topological polar surface area (TPSA) is 27.7 Å². The number of methoxy groups -OCH3 is 1. The second-order valence-corrected chi connectivity index (χ2v) is 6.02. The molecule has 0 spiro atoms. The molecule has 0 aromatic heterocycles. The van der Waals surface area contributed by atoms with Gasteiger partial charge in [0.05, 0.1) is 0 Å². The fourth-order valence-electron chi connectivity index (χ4n) is 3.47. The number of hydrogen-bond acceptors (Lipinski definition) is 3. The molecule has 2 aliphatic rings. The maximum absolute atomic E-state index is 6.35. The van der Waals surface area contributed by atoms with Crippen molar-refractivity contribution in [2.45, 2.75) is 31.8 Å². The number of nitrogens with zero attached hydrogens (tertiary/aromatic N) is 1. The van der Waals surface area contributed by atoms with Crippen molar-refractivity contribution in [2.75, 3.05) is 27.5 Å². The standard InChI is InChI=1S/C16H24NO3/c1-17(11-13-6-3-4-9-16(13)20-17)14-7-5-8-15(10-14)19-12-18-2/h5,7-8,10,13,16H,3-4,6,9,11-12H2,1-2H3/q+1. The first-order chi connectivity index (χ1) is 9.71. The lowest BCUT2D eigenvalue weighted by atomic mass is 9.87. The maximum atomic E-state index is 6.35. The van der Waals surface area contributed by atoms with E-state index in [1.54, 1.807) is 7.11 Å². The summed E-state index contributed by atoms with van der Waals surface area (Å²) in [5.74, 6) is 1.54. The van der Waals surface area contributed by atoms with E-state index < -0.39 is 0 Å². The van der Waals surface area contributed by atoms with Gasteiger partial charge in [0.1, 0.15) is 25.4 Å². The minimum atomic E-state index is 0.277. The Hall–Kier alpha value is -1.10. The van der Waals surface area contributed by atoms with Crippen LogP contribution in [0.5, 0.6) is 5.75 Å². The van der Waals surface area contributed by atoms with Crippen LogP contribution in [0, 0.1) is 5.92 Å².